The first-order valence-corrected chi connectivity index (χ1v) is 45.1. The number of nitrogens with zero attached hydrogens (tertiary/aromatic N) is 2. The van der Waals surface area contributed by atoms with E-state index in [4.69, 9.17) is 11.5 Å². The van der Waals surface area contributed by atoms with Crippen LogP contribution in [0, 0.1) is 17.8 Å². The smallest absolute Gasteiger partial charge is 0.303 e. The number of likely N-dealkylation sites (tertiary alicyclic amines) is 2. The van der Waals surface area contributed by atoms with Gasteiger partial charge in [-0.15, -0.1) is 0 Å². The van der Waals surface area contributed by atoms with Crippen LogP contribution in [0.25, 0.3) is 0 Å². The van der Waals surface area contributed by atoms with Crippen molar-refractivity contribution in [2.24, 2.45) is 29.2 Å². The first kappa shape index (κ1) is 119. The molecule has 47 heteroatoms. The number of nitrogens with two attached hydrogens (primary N) is 2. The molecule has 0 aliphatic carbocycles. The zero-order valence-corrected chi connectivity index (χ0v) is 83.2. The number of primary amides is 2. The SMILES string of the molecule is CC(=O)NC(C)(C)C(=O)N1CCC[C@H]1C(=O)NC(C)(C)C(=O)N[C@@H](C)C(=O)NC(C)(C)C(=O)N[C@H](C)C(=O)N[C@H](CCC(N)=O)C(=O)NC(C)(C)C(=O)N[C@@H](CC(C)C)C(=O)NC(C)(C)C(=O)NCC(=O)NC(C)(C)C(=O)NC(C)(C)C(=O)N1CCC[C@@H]1C(=O)N[C@H](C(=O)NC(C)(C)C(=O)NC(C)(C)C(=O)N[C@H](CCC(=O)O)C(=O)N[C@@H](CCC(N)=O)C(=O)N[C@@H](CO)CC(C)C)C(C)C. The summed E-state index contributed by atoms with van der Waals surface area (Å²) in [5.74, 6) is -21.0. The lowest BCUT2D eigenvalue weighted by molar-refractivity contribution is -0.146. The minimum absolute atomic E-state index is 0.0203. The van der Waals surface area contributed by atoms with Gasteiger partial charge in [0, 0.05) is 39.3 Å². The van der Waals surface area contributed by atoms with Crippen LogP contribution in [-0.2, 0) is 110 Å². The fourth-order valence-corrected chi connectivity index (χ4v) is 14.2. The molecule has 0 radical (unpaired) electrons. The maximum atomic E-state index is 14.5. The minimum atomic E-state index is -1.91. The first-order chi connectivity index (χ1) is 61.5. The zero-order chi connectivity index (χ0) is 104. The topological polar surface area (TPSA) is 708 Å². The average molecular weight is 1920 g/mol. The van der Waals surface area contributed by atoms with Gasteiger partial charge >= 0.3 is 5.97 Å². The molecule has 2 saturated heterocycles. The number of aliphatic carboxylic acids is 1. The second-order valence-electron chi connectivity index (χ2n) is 40.6. The molecule has 24 N–H and O–H groups in total. The molecule has 47 nitrogen and oxygen atoms in total. The molecule has 2 aliphatic heterocycles. The second-order valence-corrected chi connectivity index (χ2v) is 40.6. The lowest BCUT2D eigenvalue weighted by Crippen LogP contribution is -2.66. The number of rotatable bonds is 52. The van der Waals surface area contributed by atoms with E-state index in [1.54, 1.807) is 27.7 Å². The summed E-state index contributed by atoms with van der Waals surface area (Å²) in [5, 5.41) is 64.9. The largest absolute Gasteiger partial charge is 0.481 e. The van der Waals surface area contributed by atoms with Crippen LogP contribution in [0.1, 0.15) is 264 Å². The van der Waals surface area contributed by atoms with Gasteiger partial charge in [0.15, 0.2) is 0 Å². The van der Waals surface area contributed by atoms with E-state index >= 15 is 0 Å². The Balaban J connectivity index is 2.14. The molecular weight excluding hydrogens is 1770 g/mol. The Morgan fingerprint density at radius 2 is 0.696 bits per heavy atom. The molecule has 0 bridgehead atoms. The van der Waals surface area contributed by atoms with E-state index in [1.807, 2.05) is 13.8 Å². The van der Waals surface area contributed by atoms with E-state index in [0.717, 1.165) is 0 Å². The molecule has 2 rings (SSSR count). The molecular formula is C88H150N22O25. The van der Waals surface area contributed by atoms with Crippen LogP contribution in [0.3, 0.4) is 0 Å². The molecule has 0 spiro atoms. The Labute approximate surface area is 788 Å². The Bertz CT molecular complexity index is 4420. The van der Waals surface area contributed by atoms with Crippen LogP contribution >= 0.6 is 0 Å². The van der Waals surface area contributed by atoms with Gasteiger partial charge in [-0.1, -0.05) is 41.5 Å². The van der Waals surface area contributed by atoms with Gasteiger partial charge in [0.2, 0.25) is 130 Å². The Morgan fingerprint density at radius 1 is 0.348 bits per heavy atom. The highest BCUT2D eigenvalue weighted by molar-refractivity contribution is 6.05. The molecule has 0 saturated carbocycles. The van der Waals surface area contributed by atoms with E-state index in [1.165, 1.54) is 155 Å². The van der Waals surface area contributed by atoms with Gasteiger partial charge in [-0.25, -0.2) is 0 Å². The fourth-order valence-electron chi connectivity index (χ4n) is 14.2. The summed E-state index contributed by atoms with van der Waals surface area (Å²) in [6, 6.07) is -13.1. The maximum absolute atomic E-state index is 14.5. The third kappa shape index (κ3) is 37.2. The predicted octanol–water partition coefficient (Wildman–Crippen LogP) is -4.79. The highest BCUT2D eigenvalue weighted by atomic mass is 16.4. The predicted molar refractivity (Wildman–Crippen MR) is 490 cm³/mol. The number of carbonyl (C=O) groups excluding carboxylic acids is 22. The van der Waals surface area contributed by atoms with E-state index in [9.17, 15) is 120 Å². The summed E-state index contributed by atoms with van der Waals surface area (Å²) < 4.78 is 0. The lowest BCUT2D eigenvalue weighted by Gasteiger charge is -2.36. The molecule has 10 atom stereocenters. The molecule has 135 heavy (non-hydrogen) atoms. The molecule has 0 aromatic carbocycles. The standard InChI is InChI=1S/C88H150N22O25/c1-44(2)40-50(43-111)94-64(120)51(32-35-57(89)113)96-65(121)52(34-37-60(116)117)97-75(131)84(18,19)107-77(133)86(22,23)106-70(126)61(46(5)6)99-68(124)55-30-28-38-109(55)79(135)88(26,27)108-76(132)85(20,21)101-59(115)42-91-71(127)80(10,11)104-67(123)54(41-45(3)4)98-74(130)83(16,17)103-66(122)53(33-36-58(90)114)95-62(118)47(7)92-72(128)81(12,13)102-63(119)48(8)93-73(129)82(14,15)105-69(125)56-31-29-39-110(56)78(134)87(24,25)100-49(9)112/h44-48,50-56,61,111H,28-43H2,1-27H3,(H2,89,113)(H2,90,114)(H,91,127)(H,92,128)(H,93,129)(H,94,120)(H,95,118)(H,96,121)(H,97,131)(H,98,130)(H,99,124)(H,100,112)(H,101,115)(H,102,119)(H,103,122)(H,104,123)(H,105,125)(H,106,126)(H,107,133)(H,108,132)(H,116,117)/t47-,48+,50-,51+,52-,53-,54+,55-,56+,61+/m1/s1. The normalized spacial score (nSPS) is 16.2. The monoisotopic (exact) mass is 1920 g/mol. The fraction of sp³-hybridized carbons (Fsp3) is 0.739. The van der Waals surface area contributed by atoms with Crippen molar-refractivity contribution in [2.75, 3.05) is 26.2 Å². The third-order valence-corrected chi connectivity index (χ3v) is 22.3. The van der Waals surface area contributed by atoms with Crippen LogP contribution < -0.4 is 107 Å². The van der Waals surface area contributed by atoms with Crippen molar-refractivity contribution in [3.8, 4) is 0 Å². The summed E-state index contributed by atoms with van der Waals surface area (Å²) in [6.07, 6.45) is -1.27. The molecule has 0 aromatic rings. The second kappa shape index (κ2) is 49.3. The van der Waals surface area contributed by atoms with Crippen LogP contribution in [0.5, 0.6) is 0 Å². The van der Waals surface area contributed by atoms with Crippen molar-refractivity contribution in [1.29, 1.82) is 0 Å². The summed E-state index contributed by atoms with van der Waals surface area (Å²) >= 11 is 0. The molecule has 0 unspecified atom stereocenters. The van der Waals surface area contributed by atoms with E-state index in [2.05, 4.69) is 95.7 Å². The molecule has 762 valence electrons. The lowest BCUT2D eigenvalue weighted by atomic mass is 9.96. The molecule has 22 amide bonds. The van der Waals surface area contributed by atoms with Gasteiger partial charge in [0.1, 0.15) is 104 Å². The summed E-state index contributed by atoms with van der Waals surface area (Å²) in [6.45, 7) is 36.9. The number of amides is 22. The van der Waals surface area contributed by atoms with Gasteiger partial charge in [-0.3, -0.25) is 110 Å². The summed E-state index contributed by atoms with van der Waals surface area (Å²) in [5.41, 5.74) is -5.09. The molecule has 0 aromatic heterocycles. The first-order valence-electron chi connectivity index (χ1n) is 45.1. The van der Waals surface area contributed by atoms with Gasteiger partial charge in [-0.05, 0) is 214 Å². The van der Waals surface area contributed by atoms with Crippen molar-refractivity contribution in [3.63, 3.8) is 0 Å². The highest BCUT2D eigenvalue weighted by Gasteiger charge is 2.49. The molecule has 2 fully saturated rings. The van der Waals surface area contributed by atoms with Crippen molar-refractivity contribution in [1.82, 2.24) is 106 Å². The summed E-state index contributed by atoms with van der Waals surface area (Å²) in [4.78, 5) is 314. The number of aliphatic hydroxyl groups excluding tert-OH is 1. The Kier molecular flexibility index (Phi) is 43.4. The van der Waals surface area contributed by atoms with Crippen molar-refractivity contribution < 1.29 is 120 Å². The minimum Gasteiger partial charge on any atom is -0.481 e. The zero-order valence-electron chi connectivity index (χ0n) is 83.2. The van der Waals surface area contributed by atoms with E-state index < -0.39 is 291 Å². The highest BCUT2D eigenvalue weighted by Crippen LogP contribution is 2.27. The van der Waals surface area contributed by atoms with Crippen LogP contribution in [-0.4, -0.2) is 292 Å². The van der Waals surface area contributed by atoms with Crippen molar-refractivity contribution >= 4 is 136 Å². The van der Waals surface area contributed by atoms with E-state index in [-0.39, 0.29) is 57.0 Å². The molecule has 2 heterocycles. The quantitative estimate of drug-likeness (QED) is 0.0272. The number of hydrogen-bond donors (Lipinski definition) is 22. The summed E-state index contributed by atoms with van der Waals surface area (Å²) in [7, 11) is 0. The number of hydrogen-bond acceptors (Lipinski definition) is 24. The van der Waals surface area contributed by atoms with Crippen molar-refractivity contribution in [2.45, 2.75) is 374 Å². The maximum Gasteiger partial charge on any atom is 0.303 e. The average Bonchev–Trinajstić information content (AvgIpc) is 1.72. The number of carboxylic acid groups (broad SMARTS) is 1. The third-order valence-electron chi connectivity index (χ3n) is 22.3. The number of nitrogens with one attached hydrogen (secondary N) is 18. The Morgan fingerprint density at radius 3 is 1.14 bits per heavy atom. The van der Waals surface area contributed by atoms with Crippen LogP contribution in [0.4, 0.5) is 0 Å². The number of carbonyl (C=O) groups is 23. The van der Waals surface area contributed by atoms with Crippen molar-refractivity contribution in [3.05, 3.63) is 0 Å². The molecule has 2 aliphatic rings. The Hall–Kier alpha value is -12.2. The van der Waals surface area contributed by atoms with Gasteiger partial charge in [0.05, 0.1) is 19.2 Å². The number of carboxylic acids is 1. The van der Waals surface area contributed by atoms with Crippen LogP contribution in [0.15, 0.2) is 0 Å². The van der Waals surface area contributed by atoms with Gasteiger partial charge < -0.3 is 127 Å². The number of aliphatic hydroxyl groups is 1. The van der Waals surface area contributed by atoms with Gasteiger partial charge in [0.25, 0.3) is 0 Å². The van der Waals surface area contributed by atoms with E-state index in [0.29, 0.717) is 19.3 Å². The van der Waals surface area contributed by atoms with Crippen LogP contribution in [0.2, 0.25) is 0 Å². The van der Waals surface area contributed by atoms with Gasteiger partial charge in [-0.2, -0.15) is 0 Å².